The molecule has 90 valence electrons. The molecular formula is C13H15NO2S. The number of carbonyl (C=O) groups is 1. The molecule has 3 nitrogen and oxygen atoms in total. The second-order valence-corrected chi connectivity index (χ2v) is 5.29. The molecule has 17 heavy (non-hydrogen) atoms. The lowest BCUT2D eigenvalue weighted by molar-refractivity contribution is 0.0900. The van der Waals surface area contributed by atoms with Gasteiger partial charge in [-0.25, -0.2) is 0 Å². The molecule has 0 atom stereocenters. The Labute approximate surface area is 105 Å². The highest BCUT2D eigenvalue weighted by Crippen LogP contribution is 2.27. The van der Waals surface area contributed by atoms with Gasteiger partial charge in [0.05, 0.1) is 0 Å². The molecule has 1 saturated carbocycles. The highest BCUT2D eigenvalue weighted by atomic mass is 32.1. The van der Waals surface area contributed by atoms with E-state index in [-0.39, 0.29) is 12.5 Å². The molecule has 2 N–H and O–H groups in total. The third-order valence-corrected chi connectivity index (χ3v) is 3.80. The van der Waals surface area contributed by atoms with Crippen molar-refractivity contribution in [2.45, 2.75) is 25.8 Å². The van der Waals surface area contributed by atoms with Crippen molar-refractivity contribution in [1.82, 2.24) is 5.32 Å². The van der Waals surface area contributed by atoms with Crippen molar-refractivity contribution in [2.24, 2.45) is 5.92 Å². The minimum Gasteiger partial charge on any atom is -0.384 e. The van der Waals surface area contributed by atoms with Gasteiger partial charge in [0.25, 0.3) is 5.91 Å². The van der Waals surface area contributed by atoms with Crippen LogP contribution in [0.25, 0.3) is 0 Å². The summed E-state index contributed by atoms with van der Waals surface area (Å²) in [6.45, 7) is 2.00. The fraction of sp³-hybridized carbons (Fsp3) is 0.462. The molecular weight excluding hydrogens is 234 g/mol. The Morgan fingerprint density at radius 1 is 1.65 bits per heavy atom. The van der Waals surface area contributed by atoms with Crippen LogP contribution in [-0.4, -0.2) is 23.7 Å². The molecule has 1 fully saturated rings. The third-order valence-electron chi connectivity index (χ3n) is 2.88. The topological polar surface area (TPSA) is 49.3 Å². The van der Waals surface area contributed by atoms with E-state index in [0.717, 1.165) is 18.8 Å². The highest BCUT2D eigenvalue weighted by molar-refractivity contribution is 7.12. The largest absolute Gasteiger partial charge is 0.384 e. The van der Waals surface area contributed by atoms with Gasteiger partial charge in [0.15, 0.2) is 0 Å². The van der Waals surface area contributed by atoms with Crippen LogP contribution in [0.5, 0.6) is 0 Å². The fourth-order valence-corrected chi connectivity index (χ4v) is 2.74. The Morgan fingerprint density at radius 3 is 3.06 bits per heavy atom. The molecule has 1 amide bonds. The lowest BCUT2D eigenvalue weighted by Crippen LogP contribution is -2.43. The molecule has 1 heterocycles. The highest BCUT2D eigenvalue weighted by Gasteiger charge is 2.27. The summed E-state index contributed by atoms with van der Waals surface area (Å²) in [6.07, 6.45) is 2.13. The summed E-state index contributed by atoms with van der Waals surface area (Å²) < 4.78 is 0. The molecule has 1 aromatic rings. The van der Waals surface area contributed by atoms with Gasteiger partial charge in [-0.05, 0) is 30.2 Å². The van der Waals surface area contributed by atoms with Crippen molar-refractivity contribution < 1.29 is 9.90 Å². The van der Waals surface area contributed by atoms with Crippen LogP contribution in [0.3, 0.4) is 0 Å². The molecule has 0 unspecified atom stereocenters. The van der Waals surface area contributed by atoms with Crippen LogP contribution in [0.2, 0.25) is 0 Å². The maximum Gasteiger partial charge on any atom is 0.262 e. The van der Waals surface area contributed by atoms with Crippen LogP contribution in [0.4, 0.5) is 0 Å². The maximum absolute atomic E-state index is 12.0. The number of thiophene rings is 1. The lowest BCUT2D eigenvalue weighted by Gasteiger charge is -2.33. The molecule has 0 spiro atoms. The van der Waals surface area contributed by atoms with Crippen molar-refractivity contribution in [2.75, 3.05) is 6.61 Å². The zero-order valence-electron chi connectivity index (χ0n) is 9.69. The number of hydrogen-bond acceptors (Lipinski definition) is 3. The van der Waals surface area contributed by atoms with Crippen LogP contribution in [0.15, 0.2) is 11.4 Å². The van der Waals surface area contributed by atoms with E-state index in [4.69, 9.17) is 5.11 Å². The van der Waals surface area contributed by atoms with Gasteiger partial charge >= 0.3 is 0 Å². The quantitative estimate of drug-likeness (QED) is 0.783. The van der Waals surface area contributed by atoms with Crippen LogP contribution < -0.4 is 5.32 Å². The molecule has 4 heteroatoms. The van der Waals surface area contributed by atoms with Crippen LogP contribution in [0, 0.1) is 17.8 Å². The summed E-state index contributed by atoms with van der Waals surface area (Å²) in [7, 11) is 0. The summed E-state index contributed by atoms with van der Waals surface area (Å²) >= 11 is 1.39. The second kappa shape index (κ2) is 5.35. The van der Waals surface area contributed by atoms with Crippen molar-refractivity contribution in [3.05, 3.63) is 21.9 Å². The van der Waals surface area contributed by atoms with Crippen molar-refractivity contribution >= 4 is 17.2 Å². The predicted molar refractivity (Wildman–Crippen MR) is 67.9 cm³/mol. The first kappa shape index (κ1) is 12.2. The van der Waals surface area contributed by atoms with Gasteiger partial charge in [0.2, 0.25) is 0 Å². The summed E-state index contributed by atoms with van der Waals surface area (Å²) in [5.41, 5.74) is 0.703. The Hall–Kier alpha value is -1.31. The predicted octanol–water partition coefficient (Wildman–Crippen LogP) is 1.62. The number of aliphatic hydroxyl groups is 1. The monoisotopic (exact) mass is 249 g/mol. The van der Waals surface area contributed by atoms with Crippen LogP contribution in [-0.2, 0) is 0 Å². The molecule has 0 aromatic carbocycles. The number of rotatable bonds is 2. The Bertz CT molecular complexity index is 463. The fourth-order valence-electron chi connectivity index (χ4n) is 1.99. The number of hydrogen-bond donors (Lipinski definition) is 2. The standard InChI is InChI=1S/C13H15NO2S/c1-9-7-11(8-9)14-13(16)12-10(3-2-5-15)4-6-17-12/h4,6,9,11,15H,5,7-8H2,1H3,(H,14,16). The summed E-state index contributed by atoms with van der Waals surface area (Å²) in [6, 6.07) is 2.13. The molecule has 0 bridgehead atoms. The van der Waals surface area contributed by atoms with Crippen molar-refractivity contribution in [1.29, 1.82) is 0 Å². The molecule has 1 aromatic heterocycles. The normalized spacial score (nSPS) is 22.2. The average molecular weight is 249 g/mol. The summed E-state index contributed by atoms with van der Waals surface area (Å²) in [5.74, 6) is 6.04. The van der Waals surface area contributed by atoms with Crippen molar-refractivity contribution in [3.63, 3.8) is 0 Å². The smallest absolute Gasteiger partial charge is 0.262 e. The molecule has 0 radical (unpaired) electrons. The molecule has 1 aliphatic rings. The first-order valence-corrected chi connectivity index (χ1v) is 6.56. The Morgan fingerprint density at radius 2 is 2.41 bits per heavy atom. The van der Waals surface area contributed by atoms with E-state index in [0.29, 0.717) is 16.5 Å². The lowest BCUT2D eigenvalue weighted by atomic mass is 9.82. The van der Waals surface area contributed by atoms with E-state index in [1.807, 2.05) is 11.4 Å². The van der Waals surface area contributed by atoms with Gasteiger partial charge in [-0.3, -0.25) is 4.79 Å². The van der Waals surface area contributed by atoms with Crippen LogP contribution >= 0.6 is 11.3 Å². The zero-order chi connectivity index (χ0) is 12.3. The van der Waals surface area contributed by atoms with E-state index in [9.17, 15) is 4.79 Å². The van der Waals surface area contributed by atoms with Crippen LogP contribution in [0.1, 0.15) is 35.0 Å². The minimum absolute atomic E-state index is 0.0425. The van der Waals surface area contributed by atoms with E-state index in [2.05, 4.69) is 24.1 Å². The zero-order valence-corrected chi connectivity index (χ0v) is 10.5. The molecule has 0 saturated heterocycles. The van der Waals surface area contributed by atoms with E-state index in [1.165, 1.54) is 11.3 Å². The van der Waals surface area contributed by atoms with E-state index in [1.54, 1.807) is 0 Å². The Balaban J connectivity index is 2.01. The van der Waals surface area contributed by atoms with E-state index >= 15 is 0 Å². The maximum atomic E-state index is 12.0. The summed E-state index contributed by atoms with van der Waals surface area (Å²) in [4.78, 5) is 12.6. The number of nitrogens with one attached hydrogen (secondary N) is 1. The van der Waals surface area contributed by atoms with Crippen molar-refractivity contribution in [3.8, 4) is 11.8 Å². The van der Waals surface area contributed by atoms with Gasteiger partial charge in [0, 0.05) is 11.6 Å². The first-order chi connectivity index (χ1) is 8.20. The summed E-state index contributed by atoms with van der Waals surface area (Å²) in [5, 5.41) is 13.5. The van der Waals surface area contributed by atoms with Gasteiger partial charge in [-0.15, -0.1) is 11.3 Å². The third kappa shape index (κ3) is 2.87. The molecule has 2 rings (SSSR count). The SMILES string of the molecule is CC1CC(NC(=O)c2sccc2C#CCO)C1. The van der Waals surface area contributed by atoms with Gasteiger partial charge in [-0.1, -0.05) is 18.8 Å². The second-order valence-electron chi connectivity index (χ2n) is 4.37. The number of amides is 1. The van der Waals surface area contributed by atoms with E-state index < -0.39 is 0 Å². The van der Waals surface area contributed by atoms with Gasteiger partial charge < -0.3 is 10.4 Å². The average Bonchev–Trinajstić information content (AvgIpc) is 2.72. The minimum atomic E-state index is -0.183. The van der Waals surface area contributed by atoms with Gasteiger partial charge in [-0.2, -0.15) is 0 Å². The Kier molecular flexibility index (Phi) is 3.82. The number of carbonyl (C=O) groups excluding carboxylic acids is 1. The molecule has 0 aliphatic heterocycles. The molecule has 1 aliphatic carbocycles. The first-order valence-electron chi connectivity index (χ1n) is 5.68. The number of aliphatic hydroxyl groups excluding tert-OH is 1. The van der Waals surface area contributed by atoms with Gasteiger partial charge in [0.1, 0.15) is 11.5 Å².